The molecule has 0 unspecified atom stereocenters. The average Bonchev–Trinajstić information content (AvgIpc) is 3.20. The number of hydrogen-bond acceptors (Lipinski definition) is 4. The van der Waals surface area contributed by atoms with Gasteiger partial charge in [-0.05, 0) is 29.8 Å². The van der Waals surface area contributed by atoms with Crippen LogP contribution in [0.2, 0.25) is 0 Å². The van der Waals surface area contributed by atoms with Crippen LogP contribution < -0.4 is 0 Å². The molecule has 3 aromatic heterocycles. The van der Waals surface area contributed by atoms with Gasteiger partial charge >= 0.3 is 0 Å². The molecule has 0 saturated heterocycles. The predicted molar refractivity (Wildman–Crippen MR) is 117 cm³/mol. The summed E-state index contributed by atoms with van der Waals surface area (Å²) in [4.78, 5) is 22.8. The number of halogens is 2. The molecule has 152 valence electrons. The summed E-state index contributed by atoms with van der Waals surface area (Å²) in [6, 6.07) is 5.92. The van der Waals surface area contributed by atoms with Crippen LogP contribution in [-0.2, 0) is 18.9 Å². The second kappa shape index (κ2) is 6.73. The first-order valence-electron chi connectivity index (χ1n) is 9.80. The maximum absolute atomic E-state index is 15.1. The Balaban J connectivity index is 1.55. The molecule has 0 spiro atoms. The minimum Gasteiger partial charge on any atom is -0.339 e. The summed E-state index contributed by atoms with van der Waals surface area (Å²) in [5.74, 6) is -1.73. The van der Waals surface area contributed by atoms with Crippen molar-refractivity contribution < 1.29 is 13.6 Å². The third-order valence-electron chi connectivity index (χ3n) is 5.85. The molecule has 0 bridgehead atoms. The molecular formula is C21H17B2F2N5O. The van der Waals surface area contributed by atoms with E-state index in [4.69, 9.17) is 0 Å². The number of fused-ring (bicyclic) bond motifs is 2. The lowest BCUT2D eigenvalue weighted by atomic mass is 9.59. The summed E-state index contributed by atoms with van der Waals surface area (Å²) in [6.07, 6.45) is 6.56. The van der Waals surface area contributed by atoms with Gasteiger partial charge in [-0.25, -0.2) is 8.78 Å². The zero-order valence-electron chi connectivity index (χ0n) is 17.2. The fraction of sp³-hybridized carbons (Fsp3) is 0.143. The highest BCUT2D eigenvalue weighted by Gasteiger charge is 2.44. The van der Waals surface area contributed by atoms with E-state index in [0.29, 0.717) is 27.9 Å². The molecule has 0 radical (unpaired) electrons. The lowest BCUT2D eigenvalue weighted by Crippen LogP contribution is -2.45. The highest BCUT2D eigenvalue weighted by atomic mass is 19.1. The highest BCUT2D eigenvalue weighted by Crippen LogP contribution is 2.36. The van der Waals surface area contributed by atoms with Gasteiger partial charge < -0.3 is 4.90 Å². The van der Waals surface area contributed by atoms with Crippen LogP contribution in [0, 0.1) is 11.6 Å². The minimum atomic E-state index is -0.781. The molecule has 10 heteroatoms. The molecule has 5 rings (SSSR count). The fourth-order valence-corrected chi connectivity index (χ4v) is 4.22. The molecule has 0 atom stereocenters. The van der Waals surface area contributed by atoms with E-state index in [1.54, 1.807) is 48.6 Å². The zero-order valence-corrected chi connectivity index (χ0v) is 17.2. The molecule has 1 aliphatic heterocycles. The molecule has 4 heterocycles. The topological polar surface area (TPSA) is 63.9 Å². The van der Waals surface area contributed by atoms with Gasteiger partial charge in [0.1, 0.15) is 32.8 Å². The third-order valence-corrected chi connectivity index (χ3v) is 5.85. The maximum atomic E-state index is 15.1. The maximum Gasteiger partial charge on any atom is 0.255 e. The lowest BCUT2D eigenvalue weighted by molar-refractivity contribution is 0.0727. The van der Waals surface area contributed by atoms with Gasteiger partial charge in [-0.1, -0.05) is 0 Å². The van der Waals surface area contributed by atoms with E-state index in [-0.39, 0.29) is 18.0 Å². The van der Waals surface area contributed by atoms with Crippen molar-refractivity contribution in [2.24, 2.45) is 7.05 Å². The molecular weight excluding hydrogens is 398 g/mol. The van der Waals surface area contributed by atoms with Crippen molar-refractivity contribution in [1.82, 2.24) is 24.6 Å². The van der Waals surface area contributed by atoms with Crippen molar-refractivity contribution in [3.05, 3.63) is 77.5 Å². The van der Waals surface area contributed by atoms with E-state index in [1.165, 1.54) is 17.0 Å². The molecule has 6 nitrogen and oxygen atoms in total. The SMILES string of the molecule is BC1(B)c2ncccc2C(=O)N1Cc1c(F)cc(-c2cncc3nn(C)cc23)cc1F. The monoisotopic (exact) mass is 415 g/mol. The van der Waals surface area contributed by atoms with Gasteiger partial charge in [0, 0.05) is 47.5 Å². The number of aryl methyl sites for hydroxylation is 1. The zero-order chi connectivity index (χ0) is 21.9. The summed E-state index contributed by atoms with van der Waals surface area (Å²) < 4.78 is 31.9. The van der Waals surface area contributed by atoms with Crippen LogP contribution in [0.1, 0.15) is 21.6 Å². The summed E-state index contributed by atoms with van der Waals surface area (Å²) in [5, 5.41) is 4.26. The van der Waals surface area contributed by atoms with Gasteiger partial charge in [0.15, 0.2) is 0 Å². The van der Waals surface area contributed by atoms with Crippen LogP contribution in [0.3, 0.4) is 0 Å². The average molecular weight is 415 g/mol. The molecule has 4 aromatic rings. The largest absolute Gasteiger partial charge is 0.339 e. The smallest absolute Gasteiger partial charge is 0.255 e. The quantitative estimate of drug-likeness (QED) is 0.474. The summed E-state index contributed by atoms with van der Waals surface area (Å²) in [7, 11) is 5.42. The second-order valence-corrected chi connectivity index (χ2v) is 8.19. The standard InChI is InChI=1S/C21H17B2F2N5O/c1-29-9-14-13(7-26-8-18(14)28-29)11-5-16(24)15(17(25)6-11)10-30-20(31)12-3-2-4-27-19(12)21(30,22)23/h2-9H,10,22-23H2,1H3. The Kier molecular flexibility index (Phi) is 4.22. The molecule has 31 heavy (non-hydrogen) atoms. The number of carbonyl (C=O) groups is 1. The van der Waals surface area contributed by atoms with Crippen molar-refractivity contribution in [2.75, 3.05) is 0 Å². The highest BCUT2D eigenvalue weighted by molar-refractivity contribution is 6.42. The van der Waals surface area contributed by atoms with E-state index >= 15 is 8.78 Å². The van der Waals surface area contributed by atoms with Crippen LogP contribution in [0.4, 0.5) is 8.78 Å². The van der Waals surface area contributed by atoms with E-state index < -0.39 is 17.0 Å². The van der Waals surface area contributed by atoms with E-state index in [2.05, 4.69) is 15.1 Å². The number of amides is 1. The minimum absolute atomic E-state index is 0.163. The normalized spacial score (nSPS) is 14.9. The summed E-state index contributed by atoms with van der Waals surface area (Å²) in [6.45, 7) is -0.199. The number of carbonyl (C=O) groups excluding carboxylic acids is 1. The first-order chi connectivity index (χ1) is 14.8. The molecule has 1 aromatic carbocycles. The Morgan fingerprint density at radius 2 is 1.87 bits per heavy atom. The van der Waals surface area contributed by atoms with E-state index in [9.17, 15) is 4.79 Å². The molecule has 0 N–H and O–H groups in total. The van der Waals surface area contributed by atoms with Crippen LogP contribution in [-0.4, -0.2) is 46.2 Å². The summed E-state index contributed by atoms with van der Waals surface area (Å²) in [5.41, 5.74) is 2.49. The molecule has 0 saturated carbocycles. The van der Waals surface area contributed by atoms with Crippen LogP contribution in [0.15, 0.2) is 49.1 Å². The Morgan fingerprint density at radius 3 is 2.58 bits per heavy atom. The van der Waals surface area contributed by atoms with Crippen LogP contribution >= 0.6 is 0 Å². The predicted octanol–water partition coefficient (Wildman–Crippen LogP) is 1.34. The Hall–Kier alpha value is -3.55. The third kappa shape index (κ3) is 2.93. The molecule has 0 fully saturated rings. The Morgan fingerprint density at radius 1 is 1.13 bits per heavy atom. The second-order valence-electron chi connectivity index (χ2n) is 8.19. The van der Waals surface area contributed by atoms with Crippen molar-refractivity contribution in [2.45, 2.75) is 11.9 Å². The van der Waals surface area contributed by atoms with Crippen molar-refractivity contribution in [3.8, 4) is 11.1 Å². The molecule has 0 aliphatic carbocycles. The van der Waals surface area contributed by atoms with Crippen molar-refractivity contribution in [3.63, 3.8) is 0 Å². The Bertz CT molecular complexity index is 1350. The van der Waals surface area contributed by atoms with Crippen LogP contribution in [0.5, 0.6) is 0 Å². The van der Waals surface area contributed by atoms with Gasteiger partial charge in [-0.15, -0.1) is 0 Å². The number of aromatic nitrogens is 4. The Labute approximate surface area is 178 Å². The van der Waals surface area contributed by atoms with Gasteiger partial charge in [0.25, 0.3) is 5.91 Å². The van der Waals surface area contributed by atoms with E-state index in [1.807, 2.05) is 15.7 Å². The molecule has 1 amide bonds. The van der Waals surface area contributed by atoms with Gasteiger partial charge in [0.2, 0.25) is 0 Å². The van der Waals surface area contributed by atoms with Gasteiger partial charge in [0.05, 0.1) is 24.0 Å². The van der Waals surface area contributed by atoms with Crippen LogP contribution in [0.25, 0.3) is 22.0 Å². The van der Waals surface area contributed by atoms with E-state index in [0.717, 1.165) is 5.39 Å². The number of nitrogens with zero attached hydrogens (tertiary/aromatic N) is 5. The first-order valence-corrected chi connectivity index (χ1v) is 9.80. The van der Waals surface area contributed by atoms with Gasteiger partial charge in [-0.2, -0.15) is 5.10 Å². The number of pyridine rings is 2. The summed E-state index contributed by atoms with van der Waals surface area (Å²) >= 11 is 0. The van der Waals surface area contributed by atoms with Crippen molar-refractivity contribution in [1.29, 1.82) is 0 Å². The number of hydrogen-bond donors (Lipinski definition) is 0. The first kappa shape index (κ1) is 19.4. The number of rotatable bonds is 3. The number of benzene rings is 1. The van der Waals surface area contributed by atoms with Crippen molar-refractivity contribution >= 4 is 32.5 Å². The molecule has 1 aliphatic rings. The lowest BCUT2D eigenvalue weighted by Gasteiger charge is -2.32. The van der Waals surface area contributed by atoms with Gasteiger partial charge in [-0.3, -0.25) is 19.4 Å². The fourth-order valence-electron chi connectivity index (χ4n) is 4.22.